The van der Waals surface area contributed by atoms with Crippen LogP contribution in [0.3, 0.4) is 0 Å². The number of anilines is 1. The summed E-state index contributed by atoms with van der Waals surface area (Å²) in [6.45, 7) is 7.29. The Hall–Kier alpha value is -3.74. The lowest BCUT2D eigenvalue weighted by atomic mass is 10.0. The SMILES string of the molecule is C=CCc1cn(-c2cc(N)c(F)cc2F)c2cc(-c3c(C)noc3C)ccc2c1=O. The summed E-state index contributed by atoms with van der Waals surface area (Å²) in [6, 6.07) is 7.20. The van der Waals surface area contributed by atoms with Gasteiger partial charge in [0.25, 0.3) is 0 Å². The van der Waals surface area contributed by atoms with Crippen LogP contribution in [0.25, 0.3) is 27.7 Å². The minimum atomic E-state index is -0.843. The van der Waals surface area contributed by atoms with Crippen LogP contribution >= 0.6 is 0 Å². The second-order valence-electron chi connectivity index (χ2n) is 7.10. The molecule has 2 heterocycles. The van der Waals surface area contributed by atoms with E-state index in [1.807, 2.05) is 6.92 Å². The van der Waals surface area contributed by atoms with Crippen molar-refractivity contribution in [3.63, 3.8) is 0 Å². The number of nitrogen functional groups attached to an aromatic ring is 1. The second-order valence-corrected chi connectivity index (χ2v) is 7.10. The molecule has 0 bridgehead atoms. The number of pyridine rings is 1. The lowest BCUT2D eigenvalue weighted by Crippen LogP contribution is -2.15. The second kappa shape index (κ2) is 7.26. The van der Waals surface area contributed by atoms with Crippen molar-refractivity contribution in [1.29, 1.82) is 0 Å². The van der Waals surface area contributed by atoms with E-state index in [0.29, 0.717) is 34.3 Å². The van der Waals surface area contributed by atoms with Gasteiger partial charge in [0.05, 0.1) is 22.6 Å². The van der Waals surface area contributed by atoms with E-state index in [-0.39, 0.29) is 16.8 Å². The van der Waals surface area contributed by atoms with Gasteiger partial charge >= 0.3 is 0 Å². The molecule has 30 heavy (non-hydrogen) atoms. The molecule has 0 saturated heterocycles. The summed E-state index contributed by atoms with van der Waals surface area (Å²) in [5.74, 6) is -1.01. The van der Waals surface area contributed by atoms with Crippen molar-refractivity contribution in [2.75, 3.05) is 5.73 Å². The minimum absolute atomic E-state index is 0.0418. The zero-order valence-electron chi connectivity index (χ0n) is 16.5. The number of benzene rings is 2. The van der Waals surface area contributed by atoms with E-state index >= 15 is 0 Å². The predicted octanol–water partition coefficient (Wildman–Crippen LogP) is 4.85. The van der Waals surface area contributed by atoms with Crippen LogP contribution in [-0.2, 0) is 6.42 Å². The Morgan fingerprint density at radius 2 is 1.97 bits per heavy atom. The Morgan fingerprint density at radius 3 is 2.63 bits per heavy atom. The average Bonchev–Trinajstić information content (AvgIpc) is 3.05. The molecular weight excluding hydrogens is 388 g/mol. The van der Waals surface area contributed by atoms with E-state index < -0.39 is 11.6 Å². The fraction of sp³-hybridized carbons (Fsp3) is 0.130. The summed E-state index contributed by atoms with van der Waals surface area (Å²) >= 11 is 0. The standard InChI is InChI=1S/C23H19F2N3O2/c1-4-5-15-11-28(21-10-19(26)17(24)9-18(21)25)20-8-14(6-7-16(20)23(15)29)22-12(2)27-30-13(22)3/h4,6-11H,1,5,26H2,2-3H3. The smallest absolute Gasteiger partial charge is 0.192 e. The van der Waals surface area contributed by atoms with Gasteiger partial charge in [0, 0.05) is 28.8 Å². The molecule has 2 N–H and O–H groups in total. The van der Waals surface area contributed by atoms with Gasteiger partial charge in [-0.1, -0.05) is 17.3 Å². The first-order valence-electron chi connectivity index (χ1n) is 9.29. The molecule has 0 amide bonds. The summed E-state index contributed by atoms with van der Waals surface area (Å²) in [6.07, 6.45) is 3.44. The van der Waals surface area contributed by atoms with Crippen LogP contribution < -0.4 is 11.2 Å². The molecule has 4 aromatic rings. The van der Waals surface area contributed by atoms with Gasteiger partial charge in [-0.15, -0.1) is 6.58 Å². The molecule has 4 rings (SSSR count). The molecular formula is C23H19F2N3O2. The monoisotopic (exact) mass is 407 g/mol. The van der Waals surface area contributed by atoms with Crippen molar-refractivity contribution in [3.8, 4) is 16.8 Å². The first kappa shape index (κ1) is 19.6. The zero-order valence-corrected chi connectivity index (χ0v) is 16.5. The van der Waals surface area contributed by atoms with Gasteiger partial charge in [0.1, 0.15) is 17.4 Å². The summed E-state index contributed by atoms with van der Waals surface area (Å²) < 4.78 is 35.2. The zero-order chi connectivity index (χ0) is 21.6. The summed E-state index contributed by atoms with van der Waals surface area (Å²) in [4.78, 5) is 13.0. The van der Waals surface area contributed by atoms with E-state index in [4.69, 9.17) is 10.3 Å². The van der Waals surface area contributed by atoms with Crippen molar-refractivity contribution in [2.24, 2.45) is 0 Å². The van der Waals surface area contributed by atoms with Gasteiger partial charge in [-0.25, -0.2) is 8.78 Å². The Bertz CT molecular complexity index is 1350. The molecule has 0 radical (unpaired) electrons. The van der Waals surface area contributed by atoms with Crippen molar-refractivity contribution in [1.82, 2.24) is 9.72 Å². The highest BCUT2D eigenvalue weighted by Crippen LogP contribution is 2.31. The van der Waals surface area contributed by atoms with Gasteiger partial charge in [0.2, 0.25) is 0 Å². The first-order chi connectivity index (χ1) is 14.3. The number of aryl methyl sites for hydroxylation is 2. The molecule has 0 fully saturated rings. The third-order valence-electron chi connectivity index (χ3n) is 5.09. The van der Waals surface area contributed by atoms with E-state index in [9.17, 15) is 13.6 Å². The van der Waals surface area contributed by atoms with Crippen LogP contribution in [0.2, 0.25) is 0 Å². The summed E-state index contributed by atoms with van der Waals surface area (Å²) in [7, 11) is 0. The Morgan fingerprint density at radius 1 is 1.20 bits per heavy atom. The highest BCUT2D eigenvalue weighted by molar-refractivity contribution is 5.87. The fourth-order valence-corrected chi connectivity index (χ4v) is 3.67. The third kappa shape index (κ3) is 3.08. The first-order valence-corrected chi connectivity index (χ1v) is 9.29. The molecule has 0 saturated carbocycles. The van der Waals surface area contributed by atoms with Crippen LogP contribution in [0.1, 0.15) is 17.0 Å². The number of hydrogen-bond donors (Lipinski definition) is 1. The van der Waals surface area contributed by atoms with E-state index in [1.54, 1.807) is 37.4 Å². The predicted molar refractivity (Wildman–Crippen MR) is 113 cm³/mol. The maximum absolute atomic E-state index is 14.7. The number of hydrogen-bond acceptors (Lipinski definition) is 4. The molecule has 0 atom stereocenters. The normalized spacial score (nSPS) is 11.2. The molecule has 0 aliphatic heterocycles. The Balaban J connectivity index is 2.10. The average molecular weight is 407 g/mol. The molecule has 0 unspecified atom stereocenters. The molecule has 0 aliphatic rings. The van der Waals surface area contributed by atoms with Crippen molar-refractivity contribution in [3.05, 3.63) is 88.1 Å². The van der Waals surface area contributed by atoms with Crippen molar-refractivity contribution < 1.29 is 13.3 Å². The molecule has 0 spiro atoms. The lowest BCUT2D eigenvalue weighted by molar-refractivity contribution is 0.393. The number of fused-ring (bicyclic) bond motifs is 1. The molecule has 2 aromatic carbocycles. The lowest BCUT2D eigenvalue weighted by Gasteiger charge is -2.16. The highest BCUT2D eigenvalue weighted by atomic mass is 19.1. The highest BCUT2D eigenvalue weighted by Gasteiger charge is 2.17. The number of allylic oxidation sites excluding steroid dienone is 1. The van der Waals surface area contributed by atoms with Crippen molar-refractivity contribution >= 4 is 16.6 Å². The summed E-state index contributed by atoms with van der Waals surface area (Å²) in [5.41, 5.74) is 8.51. The number of aromatic nitrogens is 2. The van der Waals surface area contributed by atoms with Crippen LogP contribution in [-0.4, -0.2) is 9.72 Å². The molecule has 152 valence electrons. The van der Waals surface area contributed by atoms with Crippen LogP contribution in [0.4, 0.5) is 14.5 Å². The van der Waals surface area contributed by atoms with Gasteiger partial charge in [-0.05, 0) is 44.0 Å². The fourth-order valence-electron chi connectivity index (χ4n) is 3.67. The van der Waals surface area contributed by atoms with Crippen LogP contribution in [0.15, 0.2) is 58.5 Å². The number of nitrogens with two attached hydrogens (primary N) is 1. The number of nitrogens with zero attached hydrogens (tertiary/aromatic N) is 2. The Kier molecular flexibility index (Phi) is 4.73. The maximum atomic E-state index is 14.7. The molecule has 2 aromatic heterocycles. The van der Waals surface area contributed by atoms with Gasteiger partial charge in [-0.2, -0.15) is 0 Å². The van der Waals surface area contributed by atoms with Crippen LogP contribution in [0.5, 0.6) is 0 Å². The Labute approximate surface area is 171 Å². The molecule has 0 aliphatic carbocycles. The third-order valence-corrected chi connectivity index (χ3v) is 5.09. The number of rotatable bonds is 4. The van der Waals surface area contributed by atoms with E-state index in [0.717, 1.165) is 17.2 Å². The largest absolute Gasteiger partial charge is 0.396 e. The number of halogens is 2. The van der Waals surface area contributed by atoms with Crippen LogP contribution in [0, 0.1) is 25.5 Å². The van der Waals surface area contributed by atoms with Gasteiger partial charge in [-0.3, -0.25) is 4.79 Å². The van der Waals surface area contributed by atoms with E-state index in [1.165, 1.54) is 10.6 Å². The molecule has 5 nitrogen and oxygen atoms in total. The summed E-state index contributed by atoms with van der Waals surface area (Å²) in [5, 5.41) is 4.37. The van der Waals surface area contributed by atoms with Crippen molar-refractivity contribution in [2.45, 2.75) is 20.3 Å². The molecule has 7 heteroatoms. The maximum Gasteiger partial charge on any atom is 0.192 e. The van der Waals surface area contributed by atoms with Gasteiger partial charge in [0.15, 0.2) is 5.43 Å². The van der Waals surface area contributed by atoms with E-state index in [2.05, 4.69) is 11.7 Å². The van der Waals surface area contributed by atoms with Gasteiger partial charge < -0.3 is 14.8 Å². The topological polar surface area (TPSA) is 74.1 Å². The minimum Gasteiger partial charge on any atom is -0.396 e. The quantitative estimate of drug-likeness (QED) is 0.388.